The highest BCUT2D eigenvalue weighted by Gasteiger charge is 2.11. The number of aliphatic hydroxyl groups excluding tert-OH is 1. The normalized spacial score (nSPS) is 10.5. The molecule has 2 aromatic rings. The van der Waals surface area contributed by atoms with Gasteiger partial charge in [-0.25, -0.2) is 9.37 Å². The molecule has 23 heavy (non-hydrogen) atoms. The molecule has 5 nitrogen and oxygen atoms in total. The minimum absolute atomic E-state index is 0.114. The van der Waals surface area contributed by atoms with E-state index in [0.29, 0.717) is 23.9 Å². The lowest BCUT2D eigenvalue weighted by Gasteiger charge is -2.07. The van der Waals surface area contributed by atoms with Crippen LogP contribution >= 0.6 is 11.8 Å². The van der Waals surface area contributed by atoms with E-state index in [-0.39, 0.29) is 24.1 Å². The largest absolute Gasteiger partial charge is 0.390 e. The van der Waals surface area contributed by atoms with E-state index in [0.717, 1.165) is 5.56 Å². The highest BCUT2D eigenvalue weighted by atomic mass is 32.2. The van der Waals surface area contributed by atoms with Crippen molar-refractivity contribution in [1.29, 1.82) is 0 Å². The number of imidazole rings is 1. The number of nitrogens with zero attached hydrogens (tertiary/aromatic N) is 2. The predicted octanol–water partition coefficient (Wildman–Crippen LogP) is 1.96. The Labute approximate surface area is 138 Å². The van der Waals surface area contributed by atoms with Crippen LogP contribution in [-0.2, 0) is 17.9 Å². The molecule has 0 aliphatic rings. The number of rotatable bonds is 8. The SMILES string of the molecule is C=CCNC(=O)CSc1nc(CO)cn1Cc1ccc(F)cc1. The molecule has 0 aliphatic carbocycles. The van der Waals surface area contributed by atoms with Crippen molar-refractivity contribution in [3.05, 3.63) is 60.2 Å². The molecule has 122 valence electrons. The summed E-state index contributed by atoms with van der Waals surface area (Å²) in [6.45, 7) is 4.28. The zero-order valence-electron chi connectivity index (χ0n) is 12.5. The van der Waals surface area contributed by atoms with E-state index in [4.69, 9.17) is 0 Å². The van der Waals surface area contributed by atoms with Crippen LogP contribution in [0.15, 0.2) is 48.3 Å². The van der Waals surface area contributed by atoms with Crippen LogP contribution in [0.2, 0.25) is 0 Å². The van der Waals surface area contributed by atoms with Crippen molar-refractivity contribution in [1.82, 2.24) is 14.9 Å². The Hall–Kier alpha value is -2.12. The van der Waals surface area contributed by atoms with E-state index in [1.54, 1.807) is 24.4 Å². The molecule has 7 heteroatoms. The number of halogens is 1. The minimum atomic E-state index is -0.288. The fourth-order valence-corrected chi connectivity index (χ4v) is 2.74. The standard InChI is InChI=1S/C16H18FN3O2S/c1-2-7-18-15(22)11-23-16-19-14(10-21)9-20(16)8-12-3-5-13(17)6-4-12/h2-6,9,21H,1,7-8,10-11H2,(H,18,22). The van der Waals surface area contributed by atoms with E-state index in [9.17, 15) is 14.3 Å². The topological polar surface area (TPSA) is 67.2 Å². The molecule has 1 amide bonds. The van der Waals surface area contributed by atoms with Crippen molar-refractivity contribution in [2.75, 3.05) is 12.3 Å². The summed E-state index contributed by atoms with van der Waals surface area (Å²) in [5.41, 5.74) is 1.44. The summed E-state index contributed by atoms with van der Waals surface area (Å²) in [6.07, 6.45) is 3.34. The van der Waals surface area contributed by atoms with Crippen molar-refractivity contribution < 1.29 is 14.3 Å². The summed E-state index contributed by atoms with van der Waals surface area (Å²) in [5.74, 6) is -0.181. The first kappa shape index (κ1) is 17.2. The first-order valence-corrected chi connectivity index (χ1v) is 8.02. The van der Waals surface area contributed by atoms with Crippen LogP contribution in [0.4, 0.5) is 4.39 Å². The summed E-state index contributed by atoms with van der Waals surface area (Å²) in [5, 5.41) is 12.6. The smallest absolute Gasteiger partial charge is 0.230 e. The molecular formula is C16H18FN3O2S. The molecule has 2 N–H and O–H groups in total. The monoisotopic (exact) mass is 335 g/mol. The molecular weight excluding hydrogens is 317 g/mol. The molecule has 1 aromatic carbocycles. The lowest BCUT2D eigenvalue weighted by atomic mass is 10.2. The van der Waals surface area contributed by atoms with Gasteiger partial charge >= 0.3 is 0 Å². The van der Waals surface area contributed by atoms with Gasteiger partial charge in [-0.3, -0.25) is 4.79 Å². The van der Waals surface area contributed by atoms with E-state index < -0.39 is 0 Å². The van der Waals surface area contributed by atoms with Crippen LogP contribution in [0.5, 0.6) is 0 Å². The molecule has 0 aliphatic heterocycles. The molecule has 0 saturated heterocycles. The Balaban J connectivity index is 2.06. The average molecular weight is 335 g/mol. The highest BCUT2D eigenvalue weighted by molar-refractivity contribution is 7.99. The van der Waals surface area contributed by atoms with Crippen LogP contribution < -0.4 is 5.32 Å². The molecule has 0 fully saturated rings. The molecule has 0 saturated carbocycles. The second kappa shape index (κ2) is 8.50. The summed E-state index contributed by atoms with van der Waals surface area (Å²) >= 11 is 1.28. The lowest BCUT2D eigenvalue weighted by molar-refractivity contribution is -0.118. The second-order valence-corrected chi connectivity index (χ2v) is 5.75. The zero-order valence-corrected chi connectivity index (χ0v) is 13.4. The number of aliphatic hydroxyl groups is 1. The van der Waals surface area contributed by atoms with Crippen molar-refractivity contribution >= 4 is 17.7 Å². The number of carbonyl (C=O) groups excluding carboxylic acids is 1. The zero-order chi connectivity index (χ0) is 16.7. The van der Waals surface area contributed by atoms with E-state index >= 15 is 0 Å². The number of carbonyl (C=O) groups is 1. The quantitative estimate of drug-likeness (QED) is 0.572. The third-order valence-corrected chi connectivity index (χ3v) is 3.98. The van der Waals surface area contributed by atoms with Crippen LogP contribution in [-0.4, -0.2) is 32.9 Å². The van der Waals surface area contributed by atoms with Gasteiger partial charge in [0.15, 0.2) is 5.16 Å². The molecule has 0 unspecified atom stereocenters. The molecule has 2 rings (SSSR count). The van der Waals surface area contributed by atoms with Gasteiger partial charge in [0.2, 0.25) is 5.91 Å². The summed E-state index contributed by atoms with van der Waals surface area (Å²) in [7, 11) is 0. The number of hydrogen-bond acceptors (Lipinski definition) is 4. The van der Waals surface area contributed by atoms with Crippen LogP contribution in [0.1, 0.15) is 11.3 Å². The van der Waals surface area contributed by atoms with Gasteiger partial charge < -0.3 is 15.0 Å². The molecule has 0 bridgehead atoms. The van der Waals surface area contributed by atoms with Gasteiger partial charge in [0, 0.05) is 19.3 Å². The molecule has 1 heterocycles. The number of hydrogen-bond donors (Lipinski definition) is 2. The maximum Gasteiger partial charge on any atom is 0.230 e. The summed E-state index contributed by atoms with van der Waals surface area (Å²) in [4.78, 5) is 15.9. The summed E-state index contributed by atoms with van der Waals surface area (Å²) in [6, 6.07) is 6.18. The van der Waals surface area contributed by atoms with E-state index in [1.807, 2.05) is 4.57 Å². The maximum absolute atomic E-state index is 13.0. The number of nitrogens with one attached hydrogen (secondary N) is 1. The molecule has 0 radical (unpaired) electrons. The second-order valence-electron chi connectivity index (χ2n) is 4.81. The van der Waals surface area contributed by atoms with Crippen LogP contribution in [0.25, 0.3) is 0 Å². The summed E-state index contributed by atoms with van der Waals surface area (Å²) < 4.78 is 14.8. The number of thioether (sulfide) groups is 1. The third-order valence-electron chi connectivity index (χ3n) is 2.99. The van der Waals surface area contributed by atoms with E-state index in [2.05, 4.69) is 16.9 Å². The van der Waals surface area contributed by atoms with Gasteiger partial charge in [-0.2, -0.15) is 0 Å². The molecule has 0 spiro atoms. The minimum Gasteiger partial charge on any atom is -0.390 e. The Morgan fingerprint density at radius 3 is 2.83 bits per heavy atom. The Bertz CT molecular complexity index is 670. The maximum atomic E-state index is 13.0. The van der Waals surface area contributed by atoms with E-state index in [1.165, 1.54) is 23.9 Å². The van der Waals surface area contributed by atoms with Crippen molar-refractivity contribution in [2.45, 2.75) is 18.3 Å². The predicted molar refractivity (Wildman–Crippen MR) is 87.6 cm³/mol. The number of benzene rings is 1. The number of aromatic nitrogens is 2. The fourth-order valence-electron chi connectivity index (χ4n) is 1.91. The van der Waals surface area contributed by atoms with Crippen molar-refractivity contribution in [2.24, 2.45) is 0 Å². The van der Waals surface area contributed by atoms with Crippen molar-refractivity contribution in [3.8, 4) is 0 Å². The Morgan fingerprint density at radius 1 is 1.43 bits per heavy atom. The third kappa shape index (κ3) is 5.22. The van der Waals surface area contributed by atoms with Gasteiger partial charge in [0.1, 0.15) is 5.82 Å². The Morgan fingerprint density at radius 2 is 2.17 bits per heavy atom. The highest BCUT2D eigenvalue weighted by Crippen LogP contribution is 2.19. The van der Waals surface area contributed by atoms with Gasteiger partial charge in [0.25, 0.3) is 0 Å². The molecule has 1 aromatic heterocycles. The van der Waals surface area contributed by atoms with Gasteiger partial charge in [-0.1, -0.05) is 30.0 Å². The fraction of sp³-hybridized carbons (Fsp3) is 0.250. The van der Waals surface area contributed by atoms with Crippen LogP contribution in [0.3, 0.4) is 0 Å². The molecule has 0 atom stereocenters. The van der Waals surface area contributed by atoms with Gasteiger partial charge in [0.05, 0.1) is 18.1 Å². The lowest BCUT2D eigenvalue weighted by Crippen LogP contribution is -2.25. The van der Waals surface area contributed by atoms with Gasteiger partial charge in [-0.15, -0.1) is 6.58 Å². The number of amides is 1. The Kier molecular flexibility index (Phi) is 6.37. The first-order chi connectivity index (χ1) is 11.1. The average Bonchev–Trinajstić information content (AvgIpc) is 2.95. The van der Waals surface area contributed by atoms with Crippen LogP contribution in [0, 0.1) is 5.82 Å². The van der Waals surface area contributed by atoms with Gasteiger partial charge in [-0.05, 0) is 17.7 Å². The van der Waals surface area contributed by atoms with Crippen molar-refractivity contribution in [3.63, 3.8) is 0 Å². The first-order valence-electron chi connectivity index (χ1n) is 7.04.